The standard InChI is InChI=1S/C19H34N4O/c1-4-15-13-18(19(24-3)14-17(15)20)23-7-5-16(6-8-23)22-11-9-21(2)10-12-22/h14-16H,4-13,20H2,1-3H3/t15-/m0/s1. The maximum atomic E-state index is 6.20. The smallest absolute Gasteiger partial charge is 0.139 e. The summed E-state index contributed by atoms with van der Waals surface area (Å²) in [4.78, 5) is 7.69. The van der Waals surface area contributed by atoms with Crippen molar-refractivity contribution in [1.82, 2.24) is 14.7 Å². The van der Waals surface area contributed by atoms with Crippen LogP contribution < -0.4 is 5.73 Å². The molecule has 5 heteroatoms. The second kappa shape index (κ2) is 7.79. The number of piperidine rings is 1. The van der Waals surface area contributed by atoms with Crippen LogP contribution in [-0.2, 0) is 4.74 Å². The first-order valence-electron chi connectivity index (χ1n) is 9.54. The zero-order chi connectivity index (χ0) is 17.1. The first-order valence-corrected chi connectivity index (χ1v) is 9.54. The molecule has 0 saturated carbocycles. The fourth-order valence-electron chi connectivity index (χ4n) is 4.33. The summed E-state index contributed by atoms with van der Waals surface area (Å²) in [6.07, 6.45) is 6.71. The average Bonchev–Trinajstić information content (AvgIpc) is 2.62. The van der Waals surface area contributed by atoms with E-state index in [1.54, 1.807) is 7.11 Å². The summed E-state index contributed by atoms with van der Waals surface area (Å²) in [6, 6.07) is 0.757. The van der Waals surface area contributed by atoms with E-state index in [9.17, 15) is 0 Å². The number of nitrogens with two attached hydrogens (primary N) is 1. The number of likely N-dealkylation sites (N-methyl/N-ethyl adjacent to an activating group) is 1. The number of piperazine rings is 1. The molecule has 3 rings (SSSR count). The summed E-state index contributed by atoms with van der Waals surface area (Å²) in [5, 5.41) is 0. The van der Waals surface area contributed by atoms with Gasteiger partial charge in [0.05, 0.1) is 12.8 Å². The number of ether oxygens (including phenoxy) is 1. The minimum Gasteiger partial charge on any atom is -0.495 e. The highest BCUT2D eigenvalue weighted by Gasteiger charge is 2.30. The fraction of sp³-hybridized carbons (Fsp3) is 0.789. The van der Waals surface area contributed by atoms with Crippen LogP contribution in [0, 0.1) is 5.92 Å². The van der Waals surface area contributed by atoms with Crippen LogP contribution in [0.1, 0.15) is 32.6 Å². The molecule has 0 radical (unpaired) electrons. The molecule has 0 spiro atoms. The number of allylic oxidation sites excluding steroid dienone is 3. The van der Waals surface area contributed by atoms with E-state index in [1.165, 1.54) is 44.7 Å². The van der Waals surface area contributed by atoms with Crippen LogP contribution in [0.2, 0.25) is 0 Å². The van der Waals surface area contributed by atoms with Gasteiger partial charge >= 0.3 is 0 Å². The van der Waals surface area contributed by atoms with Crippen LogP contribution in [0.5, 0.6) is 0 Å². The van der Waals surface area contributed by atoms with Crippen molar-refractivity contribution >= 4 is 0 Å². The Hall–Kier alpha value is -1.20. The fourth-order valence-corrected chi connectivity index (χ4v) is 4.33. The summed E-state index contributed by atoms with van der Waals surface area (Å²) in [6.45, 7) is 9.38. The molecule has 2 saturated heterocycles. The molecule has 0 unspecified atom stereocenters. The Morgan fingerprint density at radius 3 is 2.38 bits per heavy atom. The average molecular weight is 335 g/mol. The van der Waals surface area contributed by atoms with Crippen molar-refractivity contribution in [3.05, 3.63) is 23.2 Å². The van der Waals surface area contributed by atoms with Crippen LogP contribution in [0.15, 0.2) is 23.2 Å². The Morgan fingerprint density at radius 2 is 1.79 bits per heavy atom. The first-order chi connectivity index (χ1) is 11.6. The van der Waals surface area contributed by atoms with Crippen molar-refractivity contribution in [2.24, 2.45) is 11.7 Å². The third-order valence-corrected chi connectivity index (χ3v) is 6.11. The number of hydrogen-bond donors (Lipinski definition) is 1. The van der Waals surface area contributed by atoms with E-state index in [0.29, 0.717) is 5.92 Å². The second-order valence-electron chi connectivity index (χ2n) is 7.53. The van der Waals surface area contributed by atoms with E-state index in [2.05, 4.69) is 34.7 Å². The van der Waals surface area contributed by atoms with Crippen molar-refractivity contribution in [2.75, 3.05) is 53.4 Å². The molecular weight excluding hydrogens is 300 g/mol. The van der Waals surface area contributed by atoms with Crippen LogP contribution in [0.3, 0.4) is 0 Å². The molecule has 1 aliphatic carbocycles. The van der Waals surface area contributed by atoms with Crippen molar-refractivity contribution < 1.29 is 4.74 Å². The lowest BCUT2D eigenvalue weighted by Crippen LogP contribution is -2.52. The van der Waals surface area contributed by atoms with E-state index in [1.807, 2.05) is 0 Å². The molecule has 5 nitrogen and oxygen atoms in total. The molecule has 0 aromatic carbocycles. The highest BCUT2D eigenvalue weighted by Crippen LogP contribution is 2.33. The van der Waals surface area contributed by atoms with Gasteiger partial charge in [-0.05, 0) is 32.7 Å². The first kappa shape index (κ1) is 17.6. The monoisotopic (exact) mass is 334 g/mol. The van der Waals surface area contributed by atoms with Gasteiger partial charge in [-0.15, -0.1) is 0 Å². The van der Waals surface area contributed by atoms with Crippen molar-refractivity contribution in [3.63, 3.8) is 0 Å². The van der Waals surface area contributed by atoms with Crippen LogP contribution >= 0.6 is 0 Å². The topological polar surface area (TPSA) is 45.0 Å². The van der Waals surface area contributed by atoms with Crippen molar-refractivity contribution in [1.29, 1.82) is 0 Å². The Balaban J connectivity index is 1.61. The zero-order valence-corrected chi connectivity index (χ0v) is 15.6. The van der Waals surface area contributed by atoms with Gasteiger partial charge in [-0.2, -0.15) is 0 Å². The number of likely N-dealkylation sites (tertiary alicyclic amines) is 1. The largest absolute Gasteiger partial charge is 0.495 e. The molecule has 0 amide bonds. The summed E-state index contributed by atoms with van der Waals surface area (Å²) in [7, 11) is 3.99. The summed E-state index contributed by atoms with van der Waals surface area (Å²) >= 11 is 0. The summed E-state index contributed by atoms with van der Waals surface area (Å²) in [5.41, 5.74) is 8.54. The Bertz CT molecular complexity index is 486. The number of hydrogen-bond acceptors (Lipinski definition) is 5. The van der Waals surface area contributed by atoms with Crippen LogP contribution in [0.4, 0.5) is 0 Å². The lowest BCUT2D eigenvalue weighted by atomic mass is 9.90. The van der Waals surface area contributed by atoms with Crippen molar-refractivity contribution in [3.8, 4) is 0 Å². The third-order valence-electron chi connectivity index (χ3n) is 6.11. The number of rotatable bonds is 4. The molecular formula is C19H34N4O. The van der Waals surface area contributed by atoms with E-state index >= 15 is 0 Å². The van der Waals surface area contributed by atoms with Gasteiger partial charge in [0.1, 0.15) is 5.76 Å². The van der Waals surface area contributed by atoms with Gasteiger partial charge in [-0.25, -0.2) is 0 Å². The minimum atomic E-state index is 0.467. The quantitative estimate of drug-likeness (QED) is 0.850. The maximum Gasteiger partial charge on any atom is 0.139 e. The second-order valence-corrected chi connectivity index (χ2v) is 7.53. The van der Waals surface area contributed by atoms with Gasteiger partial charge < -0.3 is 20.3 Å². The van der Waals surface area contributed by atoms with Crippen molar-refractivity contribution in [2.45, 2.75) is 38.6 Å². The van der Waals surface area contributed by atoms with E-state index in [4.69, 9.17) is 10.5 Å². The van der Waals surface area contributed by atoms with Gasteiger partial charge in [0.15, 0.2) is 0 Å². The Kier molecular flexibility index (Phi) is 5.72. The molecule has 2 fully saturated rings. The molecule has 2 N–H and O–H groups in total. The predicted molar refractivity (Wildman–Crippen MR) is 98.4 cm³/mol. The summed E-state index contributed by atoms with van der Waals surface area (Å²) in [5.74, 6) is 1.45. The van der Waals surface area contributed by atoms with Crippen LogP contribution in [0.25, 0.3) is 0 Å². The normalized spacial score (nSPS) is 28.2. The molecule has 0 aromatic rings. The van der Waals surface area contributed by atoms with Gasteiger partial charge in [-0.3, -0.25) is 4.90 Å². The lowest BCUT2D eigenvalue weighted by molar-refractivity contribution is 0.0727. The molecule has 2 heterocycles. The predicted octanol–water partition coefficient (Wildman–Crippen LogP) is 1.83. The maximum absolute atomic E-state index is 6.20. The van der Waals surface area contributed by atoms with Gasteiger partial charge in [0, 0.05) is 63.0 Å². The molecule has 3 aliphatic rings. The molecule has 1 atom stereocenters. The molecule has 24 heavy (non-hydrogen) atoms. The summed E-state index contributed by atoms with van der Waals surface area (Å²) < 4.78 is 5.64. The van der Waals surface area contributed by atoms with Gasteiger partial charge in [0.2, 0.25) is 0 Å². The number of nitrogens with zero attached hydrogens (tertiary/aromatic N) is 3. The SMILES string of the molecule is CC[C@H]1CC(N2CCC(N3CCN(C)CC3)CC2)=C(OC)C=C1N. The zero-order valence-electron chi connectivity index (χ0n) is 15.6. The van der Waals surface area contributed by atoms with E-state index < -0.39 is 0 Å². The molecule has 0 bridgehead atoms. The Labute approximate surface area is 147 Å². The molecule has 0 aromatic heterocycles. The van der Waals surface area contributed by atoms with E-state index in [-0.39, 0.29) is 0 Å². The minimum absolute atomic E-state index is 0.467. The third kappa shape index (κ3) is 3.72. The van der Waals surface area contributed by atoms with Gasteiger partial charge in [-0.1, -0.05) is 6.92 Å². The molecule has 136 valence electrons. The molecule has 2 aliphatic heterocycles. The van der Waals surface area contributed by atoms with Gasteiger partial charge in [0.25, 0.3) is 0 Å². The highest BCUT2D eigenvalue weighted by atomic mass is 16.5. The number of methoxy groups -OCH3 is 1. The highest BCUT2D eigenvalue weighted by molar-refractivity contribution is 5.30. The van der Waals surface area contributed by atoms with Crippen LogP contribution in [-0.4, -0.2) is 74.2 Å². The Morgan fingerprint density at radius 1 is 1.12 bits per heavy atom. The lowest BCUT2D eigenvalue weighted by Gasteiger charge is -2.44. The van der Waals surface area contributed by atoms with E-state index in [0.717, 1.165) is 43.4 Å².